The molecule has 104 valence electrons. The minimum absolute atomic E-state index is 0.192. The lowest BCUT2D eigenvalue weighted by molar-refractivity contribution is 0.0696. The number of carboxylic acids is 1. The zero-order valence-corrected chi connectivity index (χ0v) is 12.4. The quantitative estimate of drug-likeness (QED) is 0.689. The van der Waals surface area contributed by atoms with Crippen LogP contribution >= 0.6 is 11.8 Å². The summed E-state index contributed by atoms with van der Waals surface area (Å²) in [5, 5.41) is 9.52. The van der Waals surface area contributed by atoms with Gasteiger partial charge in [-0.25, -0.2) is 14.8 Å². The minimum atomic E-state index is -0.968. The van der Waals surface area contributed by atoms with Crippen molar-refractivity contribution in [3.8, 4) is 0 Å². The minimum Gasteiger partial charge on any atom is -0.478 e. The van der Waals surface area contributed by atoms with Crippen LogP contribution in [0.15, 0.2) is 23.5 Å². The number of hydrogen-bond acceptors (Lipinski definition) is 5. The Morgan fingerprint density at radius 1 is 1.20 bits per heavy atom. The number of nitrogens with zero attached hydrogens (tertiary/aromatic N) is 3. The van der Waals surface area contributed by atoms with E-state index in [1.165, 1.54) is 18.0 Å². The molecule has 0 aliphatic rings. The van der Waals surface area contributed by atoms with E-state index in [2.05, 4.69) is 15.0 Å². The highest BCUT2D eigenvalue weighted by Crippen LogP contribution is 2.20. The first kappa shape index (κ1) is 14.5. The Kier molecular flexibility index (Phi) is 4.34. The summed E-state index contributed by atoms with van der Waals surface area (Å²) >= 11 is 1.49. The topological polar surface area (TPSA) is 76.0 Å². The van der Waals surface area contributed by atoms with Crippen molar-refractivity contribution in [2.45, 2.75) is 31.7 Å². The molecule has 2 aromatic heterocycles. The van der Waals surface area contributed by atoms with Crippen molar-refractivity contribution in [2.24, 2.45) is 0 Å². The second-order valence-corrected chi connectivity index (χ2v) is 5.38. The zero-order chi connectivity index (χ0) is 14.7. The van der Waals surface area contributed by atoms with Gasteiger partial charge >= 0.3 is 5.97 Å². The van der Waals surface area contributed by atoms with E-state index in [1.807, 2.05) is 20.8 Å². The standard InChI is InChI=1S/C14H15N3O2S/c1-8-9(2)16-14(17-10(8)3)20-7-12-5-4-11(6-15-12)13(18)19/h4-6H,7H2,1-3H3,(H,18,19). The van der Waals surface area contributed by atoms with E-state index >= 15 is 0 Å². The molecule has 0 aromatic carbocycles. The number of aromatic carboxylic acids is 1. The number of carboxylic acid groups (broad SMARTS) is 1. The maximum atomic E-state index is 10.7. The number of hydrogen-bond donors (Lipinski definition) is 1. The van der Waals surface area contributed by atoms with Crippen molar-refractivity contribution in [3.05, 3.63) is 46.5 Å². The zero-order valence-electron chi connectivity index (χ0n) is 11.5. The van der Waals surface area contributed by atoms with Crippen LogP contribution in [0.2, 0.25) is 0 Å². The molecule has 0 saturated carbocycles. The summed E-state index contributed by atoms with van der Waals surface area (Å²) in [5.74, 6) is -0.355. The molecule has 0 unspecified atom stereocenters. The molecule has 20 heavy (non-hydrogen) atoms. The fourth-order valence-electron chi connectivity index (χ4n) is 1.58. The van der Waals surface area contributed by atoms with Crippen LogP contribution in [-0.2, 0) is 5.75 Å². The van der Waals surface area contributed by atoms with Gasteiger partial charge in [0.2, 0.25) is 0 Å². The highest BCUT2D eigenvalue weighted by Gasteiger charge is 2.07. The Labute approximate surface area is 121 Å². The average Bonchev–Trinajstić information content (AvgIpc) is 2.42. The maximum absolute atomic E-state index is 10.7. The van der Waals surface area contributed by atoms with E-state index < -0.39 is 5.97 Å². The first-order valence-corrected chi connectivity index (χ1v) is 7.09. The van der Waals surface area contributed by atoms with Crippen LogP contribution in [0.3, 0.4) is 0 Å². The molecule has 0 aliphatic heterocycles. The van der Waals surface area contributed by atoms with Crippen LogP contribution in [0, 0.1) is 20.8 Å². The molecule has 2 aromatic rings. The summed E-state index contributed by atoms with van der Waals surface area (Å²) in [7, 11) is 0. The Balaban J connectivity index is 2.07. The van der Waals surface area contributed by atoms with E-state index in [-0.39, 0.29) is 5.56 Å². The largest absolute Gasteiger partial charge is 0.478 e. The highest BCUT2D eigenvalue weighted by atomic mass is 32.2. The Morgan fingerprint density at radius 2 is 1.85 bits per heavy atom. The van der Waals surface area contributed by atoms with Gasteiger partial charge in [-0.2, -0.15) is 0 Å². The second-order valence-electron chi connectivity index (χ2n) is 4.43. The molecule has 0 atom stereocenters. The van der Waals surface area contributed by atoms with Gasteiger partial charge in [-0.1, -0.05) is 11.8 Å². The van der Waals surface area contributed by atoms with E-state index in [0.29, 0.717) is 5.75 Å². The number of aryl methyl sites for hydroxylation is 2. The fraction of sp³-hybridized carbons (Fsp3) is 0.286. The Bertz CT molecular complexity index is 618. The van der Waals surface area contributed by atoms with Gasteiger partial charge in [0.1, 0.15) is 0 Å². The molecule has 5 nitrogen and oxygen atoms in total. The van der Waals surface area contributed by atoms with Gasteiger partial charge < -0.3 is 5.11 Å². The monoisotopic (exact) mass is 289 g/mol. The van der Waals surface area contributed by atoms with Gasteiger partial charge in [0.15, 0.2) is 5.16 Å². The SMILES string of the molecule is Cc1nc(SCc2ccc(C(=O)O)cn2)nc(C)c1C. The van der Waals surface area contributed by atoms with E-state index in [9.17, 15) is 4.79 Å². The second kappa shape index (κ2) is 6.00. The molecule has 0 saturated heterocycles. The number of carbonyl (C=O) groups is 1. The third-order valence-electron chi connectivity index (χ3n) is 3.03. The van der Waals surface area contributed by atoms with Crippen molar-refractivity contribution in [3.63, 3.8) is 0 Å². The normalized spacial score (nSPS) is 10.6. The van der Waals surface area contributed by atoms with Crippen LogP contribution in [0.25, 0.3) is 0 Å². The first-order chi connectivity index (χ1) is 9.47. The lowest BCUT2D eigenvalue weighted by Gasteiger charge is -2.06. The van der Waals surface area contributed by atoms with Crippen LogP contribution in [0.4, 0.5) is 0 Å². The van der Waals surface area contributed by atoms with Crippen molar-refractivity contribution in [2.75, 3.05) is 0 Å². The Morgan fingerprint density at radius 3 is 2.35 bits per heavy atom. The van der Waals surface area contributed by atoms with Gasteiger partial charge in [0.25, 0.3) is 0 Å². The molecule has 0 fully saturated rings. The third kappa shape index (κ3) is 3.33. The van der Waals surface area contributed by atoms with Gasteiger partial charge in [-0.15, -0.1) is 0 Å². The van der Waals surface area contributed by atoms with Crippen molar-refractivity contribution in [1.29, 1.82) is 0 Å². The lowest BCUT2D eigenvalue weighted by atomic mass is 10.2. The number of thioether (sulfide) groups is 1. The van der Waals surface area contributed by atoms with Gasteiger partial charge in [0.05, 0.1) is 11.3 Å². The van der Waals surface area contributed by atoms with Gasteiger partial charge in [-0.05, 0) is 38.5 Å². The predicted octanol–water partition coefficient (Wildman–Crippen LogP) is 2.79. The average molecular weight is 289 g/mol. The molecular formula is C14H15N3O2S. The van der Waals surface area contributed by atoms with E-state index in [0.717, 1.165) is 27.8 Å². The van der Waals surface area contributed by atoms with Gasteiger partial charge in [-0.3, -0.25) is 4.98 Å². The fourth-order valence-corrected chi connectivity index (χ4v) is 2.43. The van der Waals surface area contributed by atoms with Crippen LogP contribution in [-0.4, -0.2) is 26.0 Å². The summed E-state index contributed by atoms with van der Waals surface area (Å²) in [6.07, 6.45) is 1.37. The molecular weight excluding hydrogens is 274 g/mol. The van der Waals surface area contributed by atoms with Crippen molar-refractivity contribution in [1.82, 2.24) is 15.0 Å². The van der Waals surface area contributed by atoms with E-state index in [1.54, 1.807) is 12.1 Å². The van der Waals surface area contributed by atoms with Crippen molar-refractivity contribution >= 4 is 17.7 Å². The molecule has 1 N–H and O–H groups in total. The summed E-state index contributed by atoms with van der Waals surface area (Å²) in [4.78, 5) is 23.7. The van der Waals surface area contributed by atoms with Crippen LogP contribution < -0.4 is 0 Å². The number of rotatable bonds is 4. The molecule has 6 heteroatoms. The summed E-state index contributed by atoms with van der Waals surface area (Å²) < 4.78 is 0. The molecule has 0 spiro atoms. The molecule has 0 aliphatic carbocycles. The third-order valence-corrected chi connectivity index (χ3v) is 3.91. The summed E-state index contributed by atoms with van der Waals surface area (Å²) in [6, 6.07) is 3.27. The number of aromatic nitrogens is 3. The molecule has 2 rings (SSSR count). The molecule has 2 heterocycles. The smallest absolute Gasteiger partial charge is 0.337 e. The summed E-state index contributed by atoms with van der Waals surface area (Å²) in [6.45, 7) is 5.94. The maximum Gasteiger partial charge on any atom is 0.337 e. The molecule has 0 amide bonds. The predicted molar refractivity (Wildman–Crippen MR) is 77.0 cm³/mol. The van der Waals surface area contributed by atoms with Crippen LogP contribution in [0.1, 0.15) is 33.0 Å². The van der Waals surface area contributed by atoms with Crippen LogP contribution in [0.5, 0.6) is 0 Å². The summed E-state index contributed by atoms with van der Waals surface area (Å²) in [5.41, 5.74) is 4.07. The molecule has 0 radical (unpaired) electrons. The molecule has 0 bridgehead atoms. The highest BCUT2D eigenvalue weighted by molar-refractivity contribution is 7.98. The first-order valence-electron chi connectivity index (χ1n) is 6.10. The Hall–Kier alpha value is -1.95. The number of pyridine rings is 1. The van der Waals surface area contributed by atoms with Gasteiger partial charge in [0, 0.05) is 23.3 Å². The van der Waals surface area contributed by atoms with Crippen molar-refractivity contribution < 1.29 is 9.90 Å². The lowest BCUT2D eigenvalue weighted by Crippen LogP contribution is -2.00. The van der Waals surface area contributed by atoms with E-state index in [4.69, 9.17) is 5.11 Å².